The summed E-state index contributed by atoms with van der Waals surface area (Å²) in [4.78, 5) is 35.7. The molecule has 0 heterocycles. The van der Waals surface area contributed by atoms with Crippen LogP contribution in [0.2, 0.25) is 0 Å². The van der Waals surface area contributed by atoms with Gasteiger partial charge in [-0.25, -0.2) is 4.79 Å². The molecule has 0 aliphatic heterocycles. The number of anilines is 1. The second-order valence-electron chi connectivity index (χ2n) is 5.79. The number of amides is 2. The smallest absolute Gasteiger partial charge is 0.338 e. The molecule has 1 rings (SSSR count). The number of benzene rings is 1. The maximum absolute atomic E-state index is 12.1. The number of carbonyl (C=O) groups is 3. The van der Waals surface area contributed by atoms with Gasteiger partial charge in [-0.1, -0.05) is 13.8 Å². The third-order valence-electron chi connectivity index (χ3n) is 3.62. The molecule has 0 unspecified atom stereocenters. The maximum atomic E-state index is 12.1. The normalized spacial score (nSPS) is 11.5. The summed E-state index contributed by atoms with van der Waals surface area (Å²) in [5.41, 5.74) is 6.10. The Morgan fingerprint density at radius 3 is 2.27 bits per heavy atom. The number of methoxy groups -OCH3 is 3. The van der Waals surface area contributed by atoms with Gasteiger partial charge in [0.05, 0.1) is 45.2 Å². The molecule has 144 valence electrons. The number of rotatable bonds is 8. The van der Waals surface area contributed by atoms with Crippen LogP contribution in [0.25, 0.3) is 0 Å². The molecular weight excluding hydrogens is 342 g/mol. The van der Waals surface area contributed by atoms with Gasteiger partial charge in [-0.15, -0.1) is 0 Å². The van der Waals surface area contributed by atoms with Gasteiger partial charge in [0.25, 0.3) is 0 Å². The van der Waals surface area contributed by atoms with E-state index in [-0.39, 0.29) is 35.2 Å². The Labute approximate surface area is 152 Å². The summed E-state index contributed by atoms with van der Waals surface area (Å²) in [6.07, 6.45) is 0. The highest BCUT2D eigenvalue weighted by molar-refractivity contribution is 5.99. The average Bonchev–Trinajstić information content (AvgIpc) is 2.63. The van der Waals surface area contributed by atoms with E-state index in [1.807, 2.05) is 0 Å². The molecule has 26 heavy (non-hydrogen) atoms. The van der Waals surface area contributed by atoms with Crippen LogP contribution < -0.4 is 25.8 Å². The molecule has 0 saturated heterocycles. The van der Waals surface area contributed by atoms with E-state index in [0.29, 0.717) is 0 Å². The van der Waals surface area contributed by atoms with Crippen molar-refractivity contribution in [2.24, 2.45) is 11.7 Å². The molecule has 0 fully saturated rings. The van der Waals surface area contributed by atoms with Crippen LogP contribution in [0, 0.1) is 5.92 Å². The number of esters is 1. The first kappa shape index (κ1) is 21.2. The Hall–Kier alpha value is -2.81. The van der Waals surface area contributed by atoms with Crippen LogP contribution in [-0.2, 0) is 14.3 Å². The summed E-state index contributed by atoms with van der Waals surface area (Å²) in [5.74, 6) is -1.12. The lowest BCUT2D eigenvalue weighted by molar-refractivity contribution is -0.125. The van der Waals surface area contributed by atoms with Gasteiger partial charge in [0, 0.05) is 0 Å². The molecule has 0 spiro atoms. The van der Waals surface area contributed by atoms with Crippen LogP contribution in [0.3, 0.4) is 0 Å². The highest BCUT2D eigenvalue weighted by atomic mass is 16.5. The molecule has 1 aromatic carbocycles. The molecule has 0 aromatic heterocycles. The quantitative estimate of drug-likeness (QED) is 0.572. The van der Waals surface area contributed by atoms with Crippen molar-refractivity contribution in [3.05, 3.63) is 17.7 Å². The van der Waals surface area contributed by atoms with E-state index in [2.05, 4.69) is 15.4 Å². The lowest BCUT2D eigenvalue weighted by atomic mass is 10.1. The van der Waals surface area contributed by atoms with Crippen molar-refractivity contribution in [3.8, 4) is 11.5 Å². The Morgan fingerprint density at radius 2 is 1.77 bits per heavy atom. The Balaban J connectivity index is 2.95. The van der Waals surface area contributed by atoms with E-state index in [1.54, 1.807) is 13.8 Å². The van der Waals surface area contributed by atoms with E-state index < -0.39 is 23.8 Å². The SMILES string of the molecule is COC(=O)c1cc(NC(=O)CNC(=O)[C@@H](N)C(C)C)c(OC)c(OC)c1. The molecular formula is C17H25N3O6. The first-order valence-corrected chi connectivity index (χ1v) is 7.92. The monoisotopic (exact) mass is 367 g/mol. The number of nitrogens with one attached hydrogen (secondary N) is 2. The molecule has 9 heteroatoms. The van der Waals surface area contributed by atoms with Gasteiger partial charge in [-0.05, 0) is 18.1 Å². The number of nitrogens with two attached hydrogens (primary N) is 1. The van der Waals surface area contributed by atoms with E-state index in [9.17, 15) is 14.4 Å². The standard InChI is InChI=1S/C17H25N3O6/c1-9(2)14(18)16(22)19-8-13(21)20-11-6-10(17(23)26-5)7-12(24-3)15(11)25-4/h6-7,9,14H,8,18H2,1-5H3,(H,19,22)(H,20,21)/t14-/m0/s1. The summed E-state index contributed by atoms with van der Waals surface area (Å²) < 4.78 is 15.1. The van der Waals surface area contributed by atoms with Crippen molar-refractivity contribution in [1.82, 2.24) is 5.32 Å². The average molecular weight is 367 g/mol. The molecule has 2 amide bonds. The van der Waals surface area contributed by atoms with Crippen molar-refractivity contribution >= 4 is 23.5 Å². The first-order valence-electron chi connectivity index (χ1n) is 7.92. The molecule has 0 radical (unpaired) electrons. The van der Waals surface area contributed by atoms with Crippen molar-refractivity contribution in [1.29, 1.82) is 0 Å². The zero-order valence-electron chi connectivity index (χ0n) is 15.5. The first-order chi connectivity index (χ1) is 12.2. The predicted octanol–water partition coefficient (Wildman–Crippen LogP) is 0.528. The van der Waals surface area contributed by atoms with Crippen LogP contribution in [0.4, 0.5) is 5.69 Å². The number of ether oxygens (including phenoxy) is 3. The largest absolute Gasteiger partial charge is 0.493 e. The molecule has 0 saturated carbocycles. The zero-order chi connectivity index (χ0) is 19.9. The second-order valence-corrected chi connectivity index (χ2v) is 5.79. The summed E-state index contributed by atoms with van der Waals surface area (Å²) >= 11 is 0. The third-order valence-corrected chi connectivity index (χ3v) is 3.62. The van der Waals surface area contributed by atoms with Gasteiger partial charge in [0.1, 0.15) is 0 Å². The van der Waals surface area contributed by atoms with Gasteiger partial charge in [0.2, 0.25) is 11.8 Å². The van der Waals surface area contributed by atoms with E-state index in [4.69, 9.17) is 15.2 Å². The highest BCUT2D eigenvalue weighted by Crippen LogP contribution is 2.36. The van der Waals surface area contributed by atoms with Crippen molar-refractivity contribution in [3.63, 3.8) is 0 Å². The highest BCUT2D eigenvalue weighted by Gasteiger charge is 2.20. The maximum Gasteiger partial charge on any atom is 0.338 e. The van der Waals surface area contributed by atoms with E-state index >= 15 is 0 Å². The molecule has 0 aliphatic carbocycles. The Morgan fingerprint density at radius 1 is 1.12 bits per heavy atom. The van der Waals surface area contributed by atoms with E-state index in [1.165, 1.54) is 33.5 Å². The fourth-order valence-corrected chi connectivity index (χ4v) is 2.08. The lowest BCUT2D eigenvalue weighted by Gasteiger charge is -2.17. The number of hydrogen-bond acceptors (Lipinski definition) is 7. The Kier molecular flexibility index (Phi) is 7.85. The fourth-order valence-electron chi connectivity index (χ4n) is 2.08. The summed E-state index contributed by atoms with van der Waals surface area (Å²) in [6, 6.07) is 2.12. The minimum Gasteiger partial charge on any atom is -0.493 e. The minimum atomic E-state index is -0.708. The van der Waals surface area contributed by atoms with Gasteiger partial charge in [-0.2, -0.15) is 0 Å². The number of hydrogen-bond donors (Lipinski definition) is 3. The topological polar surface area (TPSA) is 129 Å². The molecule has 1 atom stereocenters. The fraction of sp³-hybridized carbons (Fsp3) is 0.471. The summed E-state index contributed by atoms with van der Waals surface area (Å²) in [7, 11) is 4.04. The molecule has 0 aliphatic rings. The zero-order valence-corrected chi connectivity index (χ0v) is 15.5. The van der Waals surface area contributed by atoms with Crippen molar-refractivity contribution in [2.75, 3.05) is 33.2 Å². The molecule has 4 N–H and O–H groups in total. The van der Waals surface area contributed by atoms with Crippen LogP contribution in [-0.4, -0.2) is 51.7 Å². The lowest BCUT2D eigenvalue weighted by Crippen LogP contribution is -2.46. The molecule has 9 nitrogen and oxygen atoms in total. The molecule has 1 aromatic rings. The van der Waals surface area contributed by atoms with Gasteiger partial charge in [-0.3, -0.25) is 9.59 Å². The van der Waals surface area contributed by atoms with Crippen LogP contribution in [0.1, 0.15) is 24.2 Å². The van der Waals surface area contributed by atoms with Gasteiger partial charge >= 0.3 is 5.97 Å². The van der Waals surface area contributed by atoms with Crippen LogP contribution in [0.5, 0.6) is 11.5 Å². The van der Waals surface area contributed by atoms with Crippen LogP contribution in [0.15, 0.2) is 12.1 Å². The minimum absolute atomic E-state index is 0.0563. The Bertz CT molecular complexity index is 675. The summed E-state index contributed by atoms with van der Waals surface area (Å²) in [5, 5.41) is 5.03. The van der Waals surface area contributed by atoms with E-state index in [0.717, 1.165) is 0 Å². The van der Waals surface area contributed by atoms with Gasteiger partial charge < -0.3 is 30.6 Å². The summed E-state index contributed by atoms with van der Waals surface area (Å²) in [6.45, 7) is 3.33. The number of carbonyl (C=O) groups excluding carboxylic acids is 3. The van der Waals surface area contributed by atoms with Crippen molar-refractivity contribution < 1.29 is 28.6 Å². The van der Waals surface area contributed by atoms with Gasteiger partial charge in [0.15, 0.2) is 11.5 Å². The van der Waals surface area contributed by atoms with Crippen molar-refractivity contribution in [2.45, 2.75) is 19.9 Å². The van der Waals surface area contributed by atoms with Crippen LogP contribution >= 0.6 is 0 Å². The molecule has 0 bridgehead atoms. The predicted molar refractivity (Wildman–Crippen MR) is 95.3 cm³/mol. The second kappa shape index (κ2) is 9.62. The third kappa shape index (κ3) is 5.35.